The highest BCUT2D eigenvalue weighted by molar-refractivity contribution is 5.84. The number of rotatable bonds is 8. The lowest BCUT2D eigenvalue weighted by Gasteiger charge is -2.35. The Kier molecular flexibility index (Phi) is 11.1. The summed E-state index contributed by atoms with van der Waals surface area (Å²) in [6, 6.07) is 0.208. The summed E-state index contributed by atoms with van der Waals surface area (Å²) in [5, 5.41) is 11.1. The summed E-state index contributed by atoms with van der Waals surface area (Å²) in [4.78, 5) is 23.6. The number of hydrogen-bond acceptors (Lipinski definition) is 4. The van der Waals surface area contributed by atoms with E-state index in [1.807, 2.05) is 13.8 Å². The van der Waals surface area contributed by atoms with Gasteiger partial charge in [0.05, 0.1) is 6.10 Å². The maximum absolute atomic E-state index is 11.9. The lowest BCUT2D eigenvalue weighted by atomic mass is 9.75. The molecule has 0 aromatic carbocycles. The van der Waals surface area contributed by atoms with Crippen LogP contribution in [0.2, 0.25) is 0 Å². The van der Waals surface area contributed by atoms with Gasteiger partial charge in [-0.1, -0.05) is 33.1 Å². The van der Waals surface area contributed by atoms with Crippen LogP contribution in [0.3, 0.4) is 0 Å². The number of nitrogens with one attached hydrogen (secondary N) is 1. The Hall–Kier alpha value is -0.940. The van der Waals surface area contributed by atoms with Crippen molar-refractivity contribution in [3.63, 3.8) is 0 Å². The van der Waals surface area contributed by atoms with Gasteiger partial charge in [-0.25, -0.2) is 0 Å². The fourth-order valence-electron chi connectivity index (χ4n) is 3.45. The van der Waals surface area contributed by atoms with Gasteiger partial charge in [-0.3, -0.25) is 9.59 Å². The highest BCUT2D eigenvalue weighted by Crippen LogP contribution is 2.30. The number of carbonyl (C=O) groups is 2. The van der Waals surface area contributed by atoms with E-state index in [1.165, 1.54) is 32.1 Å². The summed E-state index contributed by atoms with van der Waals surface area (Å²) >= 11 is 0. The largest absolute Gasteiger partial charge is 0.394 e. The van der Waals surface area contributed by atoms with Crippen LogP contribution in [0.1, 0.15) is 86.9 Å². The van der Waals surface area contributed by atoms with E-state index in [-0.39, 0.29) is 31.3 Å². The summed E-state index contributed by atoms with van der Waals surface area (Å²) in [5.74, 6) is 0.720. The van der Waals surface area contributed by atoms with E-state index in [1.54, 1.807) is 13.8 Å². The lowest BCUT2D eigenvalue weighted by Crippen LogP contribution is -2.47. The summed E-state index contributed by atoms with van der Waals surface area (Å²) in [5.41, 5.74) is 0. The van der Waals surface area contributed by atoms with Gasteiger partial charge in [-0.2, -0.15) is 0 Å². The first-order valence-corrected chi connectivity index (χ1v) is 10.4. The molecule has 0 unspecified atom stereocenters. The fourth-order valence-corrected chi connectivity index (χ4v) is 3.45. The van der Waals surface area contributed by atoms with E-state index >= 15 is 0 Å². The molecule has 2 aliphatic carbocycles. The summed E-state index contributed by atoms with van der Waals surface area (Å²) in [7, 11) is 0. The van der Waals surface area contributed by atoms with Crippen LogP contribution in [0.4, 0.5) is 0 Å². The number of Topliss-reactive ketones (excluding diaryl/α,β-unsaturated/α-hetero) is 1. The van der Waals surface area contributed by atoms with Crippen molar-refractivity contribution in [3.05, 3.63) is 0 Å². The molecule has 0 radical (unpaired) electrons. The van der Waals surface area contributed by atoms with E-state index in [0.717, 1.165) is 19.3 Å². The fraction of sp³-hybridized carbons (Fsp3) is 0.905. The van der Waals surface area contributed by atoms with Crippen LogP contribution < -0.4 is 5.32 Å². The second kappa shape index (κ2) is 12.4. The molecule has 2 fully saturated rings. The molecule has 2 N–H and O–H groups in total. The number of ether oxygens (including phenoxy) is 1. The molecule has 0 bridgehead atoms. The summed E-state index contributed by atoms with van der Waals surface area (Å²) in [6.07, 6.45) is 9.49. The minimum absolute atomic E-state index is 0. The number of hydrogen-bond donors (Lipinski definition) is 2. The van der Waals surface area contributed by atoms with E-state index < -0.39 is 0 Å². The number of amides is 1. The molecule has 0 aliphatic heterocycles. The average Bonchev–Trinajstić information content (AvgIpc) is 2.54. The molecule has 0 atom stereocenters. The standard InChI is InChI=1S/C18H31NO3.C3H8O.H2/c1-13(2)18(21)14-11-15(12-14)19-17(20)9-6-10-22-16-7-4-3-5-8-16;1-3(2)4;/h13-16H,3-12H2,1-2H3,(H,19,20);3-4H,1-2H3;1H. The van der Waals surface area contributed by atoms with Crippen molar-refractivity contribution in [1.82, 2.24) is 5.32 Å². The predicted octanol–water partition coefficient (Wildman–Crippen LogP) is 3.87. The van der Waals surface area contributed by atoms with Crippen molar-refractivity contribution in [2.24, 2.45) is 11.8 Å². The minimum atomic E-state index is -0.167. The van der Waals surface area contributed by atoms with Gasteiger partial charge in [0, 0.05) is 38.4 Å². The van der Waals surface area contributed by atoms with Gasteiger partial charge >= 0.3 is 0 Å². The zero-order valence-corrected chi connectivity index (χ0v) is 17.1. The second-order valence-corrected chi connectivity index (χ2v) is 8.32. The third kappa shape index (κ3) is 9.67. The lowest BCUT2D eigenvalue weighted by molar-refractivity contribution is -0.131. The van der Waals surface area contributed by atoms with Gasteiger partial charge in [-0.15, -0.1) is 0 Å². The molecule has 0 aromatic heterocycles. The number of aliphatic hydroxyl groups is 1. The van der Waals surface area contributed by atoms with Gasteiger partial charge in [0.25, 0.3) is 0 Å². The normalized spacial score (nSPS) is 23.2. The molecular formula is C21H41NO4. The van der Waals surface area contributed by atoms with Crippen molar-refractivity contribution in [1.29, 1.82) is 0 Å². The van der Waals surface area contributed by atoms with Crippen molar-refractivity contribution in [3.8, 4) is 0 Å². The Balaban J connectivity index is 0.00000123. The molecule has 0 saturated heterocycles. The third-order valence-corrected chi connectivity index (χ3v) is 4.93. The molecule has 2 aliphatic rings. The average molecular weight is 372 g/mol. The van der Waals surface area contributed by atoms with Crippen LogP contribution in [0, 0.1) is 11.8 Å². The SMILES string of the molecule is CC(C)C(=O)C1CC(NC(=O)CCCOC2CCCCC2)C1.CC(C)O.[HH]. The van der Waals surface area contributed by atoms with Crippen LogP contribution in [-0.2, 0) is 14.3 Å². The number of ketones is 1. The first-order valence-electron chi connectivity index (χ1n) is 10.4. The van der Waals surface area contributed by atoms with Crippen LogP contribution in [0.5, 0.6) is 0 Å². The molecule has 0 spiro atoms. The van der Waals surface area contributed by atoms with Crippen LogP contribution >= 0.6 is 0 Å². The zero-order valence-electron chi connectivity index (χ0n) is 17.1. The maximum Gasteiger partial charge on any atom is 0.220 e. The summed E-state index contributed by atoms with van der Waals surface area (Å²) in [6.45, 7) is 8.03. The van der Waals surface area contributed by atoms with Crippen molar-refractivity contribution < 1.29 is 20.9 Å². The minimum Gasteiger partial charge on any atom is -0.394 e. The van der Waals surface area contributed by atoms with Crippen molar-refractivity contribution in [2.75, 3.05) is 6.61 Å². The molecule has 1 amide bonds. The van der Waals surface area contributed by atoms with Gasteiger partial charge in [0.2, 0.25) is 5.91 Å². The Morgan fingerprint density at radius 3 is 2.23 bits per heavy atom. The van der Waals surface area contributed by atoms with Crippen LogP contribution in [-0.4, -0.2) is 41.7 Å². The van der Waals surface area contributed by atoms with Crippen molar-refractivity contribution in [2.45, 2.75) is 104 Å². The molecule has 0 aromatic rings. The molecule has 154 valence electrons. The maximum atomic E-state index is 11.9. The van der Waals surface area contributed by atoms with Gasteiger partial charge in [0.1, 0.15) is 5.78 Å². The first-order chi connectivity index (χ1) is 12.3. The van der Waals surface area contributed by atoms with E-state index in [4.69, 9.17) is 9.84 Å². The van der Waals surface area contributed by atoms with Crippen LogP contribution in [0.25, 0.3) is 0 Å². The topological polar surface area (TPSA) is 75.6 Å². The number of carbonyl (C=O) groups excluding carboxylic acids is 2. The highest BCUT2D eigenvalue weighted by atomic mass is 16.5. The number of aliphatic hydroxyl groups excluding tert-OH is 1. The monoisotopic (exact) mass is 371 g/mol. The van der Waals surface area contributed by atoms with E-state index in [0.29, 0.717) is 24.9 Å². The Morgan fingerprint density at radius 1 is 1.12 bits per heavy atom. The Labute approximate surface area is 160 Å². The first kappa shape index (κ1) is 23.1. The van der Waals surface area contributed by atoms with E-state index in [9.17, 15) is 9.59 Å². The van der Waals surface area contributed by atoms with Crippen molar-refractivity contribution >= 4 is 11.7 Å². The van der Waals surface area contributed by atoms with Gasteiger partial charge < -0.3 is 15.2 Å². The van der Waals surface area contributed by atoms with Gasteiger partial charge in [-0.05, 0) is 46.0 Å². The molecule has 5 nitrogen and oxygen atoms in total. The molecular weight excluding hydrogens is 330 g/mol. The quantitative estimate of drug-likeness (QED) is 0.635. The predicted molar refractivity (Wildman–Crippen MR) is 106 cm³/mol. The molecule has 2 rings (SSSR count). The molecule has 5 heteroatoms. The highest BCUT2D eigenvalue weighted by Gasteiger charge is 2.35. The zero-order chi connectivity index (χ0) is 19.5. The molecule has 2 saturated carbocycles. The van der Waals surface area contributed by atoms with E-state index in [2.05, 4.69) is 5.32 Å². The molecule has 0 heterocycles. The van der Waals surface area contributed by atoms with Gasteiger partial charge in [0.15, 0.2) is 0 Å². The third-order valence-electron chi connectivity index (χ3n) is 4.93. The summed E-state index contributed by atoms with van der Waals surface area (Å²) < 4.78 is 5.83. The molecule has 26 heavy (non-hydrogen) atoms. The van der Waals surface area contributed by atoms with Crippen LogP contribution in [0.15, 0.2) is 0 Å². The smallest absolute Gasteiger partial charge is 0.220 e. The Bertz CT molecular complexity index is 414. The Morgan fingerprint density at radius 2 is 1.69 bits per heavy atom. The second-order valence-electron chi connectivity index (χ2n) is 8.32.